The number of carbonyl (C=O) groups excluding carboxylic acids is 1. The molecule has 0 aliphatic carbocycles. The van der Waals surface area contributed by atoms with E-state index in [1.165, 1.54) is 6.07 Å². The summed E-state index contributed by atoms with van der Waals surface area (Å²) in [4.78, 5) is 14.2. The van der Waals surface area contributed by atoms with Crippen molar-refractivity contribution in [2.75, 3.05) is 26.8 Å². The zero-order chi connectivity index (χ0) is 18.4. The molecule has 0 bridgehead atoms. The summed E-state index contributed by atoms with van der Waals surface area (Å²) in [5.41, 5.74) is 0.959. The van der Waals surface area contributed by atoms with Crippen LogP contribution in [-0.4, -0.2) is 47.8 Å². The van der Waals surface area contributed by atoms with Gasteiger partial charge in [-0.25, -0.2) is 4.39 Å². The fourth-order valence-electron chi connectivity index (χ4n) is 2.97. The number of halogens is 1. The normalized spacial score (nSPS) is 15.0. The number of benzene rings is 1. The molecule has 1 amide bonds. The third-order valence-corrected chi connectivity index (χ3v) is 4.63. The Bertz CT molecular complexity index is 728. The van der Waals surface area contributed by atoms with Gasteiger partial charge in [-0.2, -0.15) is 5.10 Å². The van der Waals surface area contributed by atoms with Crippen LogP contribution in [0.3, 0.4) is 0 Å². The molecule has 0 spiro atoms. The van der Waals surface area contributed by atoms with Gasteiger partial charge in [-0.1, -0.05) is 12.1 Å². The fourth-order valence-corrected chi connectivity index (χ4v) is 2.97. The number of nitrogens with one attached hydrogen (secondary N) is 1. The lowest BCUT2D eigenvalue weighted by Gasteiger charge is -2.24. The lowest BCUT2D eigenvalue weighted by atomic mass is 9.96. The lowest BCUT2D eigenvalue weighted by molar-refractivity contribution is 0.0582. The van der Waals surface area contributed by atoms with Gasteiger partial charge in [-0.05, 0) is 43.4 Å². The van der Waals surface area contributed by atoms with E-state index in [4.69, 9.17) is 9.47 Å². The Balaban J connectivity index is 1.49. The summed E-state index contributed by atoms with van der Waals surface area (Å²) < 4.78 is 24.3. The number of nitrogens with zero attached hydrogens (tertiary/aromatic N) is 2. The van der Waals surface area contributed by atoms with E-state index < -0.39 is 5.82 Å². The minimum absolute atomic E-state index is 0.118. The summed E-state index contributed by atoms with van der Waals surface area (Å²) in [5, 5.41) is 6.83. The summed E-state index contributed by atoms with van der Waals surface area (Å²) in [5.74, 6) is 0.230. The third kappa shape index (κ3) is 4.82. The molecule has 0 unspecified atom stereocenters. The highest BCUT2D eigenvalue weighted by Gasteiger charge is 2.19. The number of carbonyl (C=O) groups is 1. The Morgan fingerprint density at radius 1 is 1.38 bits per heavy atom. The van der Waals surface area contributed by atoms with Crippen molar-refractivity contribution in [3.8, 4) is 5.75 Å². The summed E-state index contributed by atoms with van der Waals surface area (Å²) in [6, 6.07) is 7.85. The predicted molar refractivity (Wildman–Crippen MR) is 94.4 cm³/mol. The molecule has 0 atom stereocenters. The smallest absolute Gasteiger partial charge is 0.274 e. The van der Waals surface area contributed by atoms with E-state index in [-0.39, 0.29) is 18.3 Å². The summed E-state index contributed by atoms with van der Waals surface area (Å²) in [7, 11) is 1.78. The van der Waals surface area contributed by atoms with Gasteiger partial charge in [0.2, 0.25) is 0 Å². The first kappa shape index (κ1) is 18.4. The van der Waals surface area contributed by atoms with E-state index in [2.05, 4.69) is 10.2 Å². The molecule has 1 N–H and O–H groups in total. The van der Waals surface area contributed by atoms with Crippen molar-refractivity contribution < 1.29 is 18.7 Å². The number of hydrogen-bond acceptors (Lipinski definition) is 4. The quantitative estimate of drug-likeness (QED) is 0.823. The van der Waals surface area contributed by atoms with Crippen molar-refractivity contribution in [2.45, 2.75) is 25.9 Å². The number of para-hydroxylation sites is 1. The SMILES string of the molecule is CN(CCC1CCOCC1)C(=O)c1cc(COc2ccccc2F)[nH]n1. The molecule has 1 aliphatic heterocycles. The second-order valence-corrected chi connectivity index (χ2v) is 6.57. The second-order valence-electron chi connectivity index (χ2n) is 6.57. The highest BCUT2D eigenvalue weighted by atomic mass is 19.1. The maximum atomic E-state index is 13.6. The molecular weight excluding hydrogens is 337 g/mol. The highest BCUT2D eigenvalue weighted by Crippen LogP contribution is 2.19. The molecule has 0 saturated carbocycles. The fraction of sp³-hybridized carbons (Fsp3) is 0.474. The Labute approximate surface area is 152 Å². The first-order valence-electron chi connectivity index (χ1n) is 8.88. The molecular formula is C19H24FN3O3. The number of aromatic nitrogens is 2. The Morgan fingerprint density at radius 2 is 2.15 bits per heavy atom. The summed E-state index contributed by atoms with van der Waals surface area (Å²) in [6.07, 6.45) is 3.09. The van der Waals surface area contributed by atoms with Crippen molar-refractivity contribution in [1.82, 2.24) is 15.1 Å². The highest BCUT2D eigenvalue weighted by molar-refractivity contribution is 5.92. The largest absolute Gasteiger partial charge is 0.484 e. The molecule has 1 aliphatic rings. The van der Waals surface area contributed by atoms with Gasteiger partial charge in [0.05, 0.1) is 5.69 Å². The Hall–Kier alpha value is -2.41. The third-order valence-electron chi connectivity index (χ3n) is 4.63. The lowest BCUT2D eigenvalue weighted by Crippen LogP contribution is -2.30. The minimum atomic E-state index is -0.420. The molecule has 1 aromatic carbocycles. The van der Waals surface area contributed by atoms with Crippen LogP contribution in [-0.2, 0) is 11.3 Å². The molecule has 3 rings (SSSR count). The molecule has 7 heteroatoms. The zero-order valence-electron chi connectivity index (χ0n) is 14.9. The Kier molecular flexibility index (Phi) is 6.22. The number of rotatable bonds is 7. The van der Waals surface area contributed by atoms with E-state index in [0.717, 1.165) is 32.5 Å². The van der Waals surface area contributed by atoms with E-state index in [1.54, 1.807) is 36.2 Å². The van der Waals surface area contributed by atoms with Crippen molar-refractivity contribution >= 4 is 5.91 Å². The first-order valence-corrected chi connectivity index (χ1v) is 8.88. The van der Waals surface area contributed by atoms with Gasteiger partial charge in [0.15, 0.2) is 17.3 Å². The van der Waals surface area contributed by atoms with Gasteiger partial charge in [0.25, 0.3) is 5.91 Å². The van der Waals surface area contributed by atoms with Gasteiger partial charge >= 0.3 is 0 Å². The van der Waals surface area contributed by atoms with Crippen molar-refractivity contribution in [1.29, 1.82) is 0 Å². The number of aromatic amines is 1. The van der Waals surface area contributed by atoms with Crippen LogP contribution in [0.1, 0.15) is 35.4 Å². The average molecular weight is 361 g/mol. The summed E-state index contributed by atoms with van der Waals surface area (Å²) >= 11 is 0. The van der Waals surface area contributed by atoms with E-state index in [0.29, 0.717) is 23.9 Å². The minimum Gasteiger partial charge on any atom is -0.484 e. The van der Waals surface area contributed by atoms with Gasteiger partial charge in [0, 0.05) is 26.8 Å². The monoisotopic (exact) mass is 361 g/mol. The van der Waals surface area contributed by atoms with Crippen molar-refractivity contribution in [2.24, 2.45) is 5.92 Å². The number of H-pyrrole nitrogens is 1. The van der Waals surface area contributed by atoms with Crippen LogP contribution in [0.5, 0.6) is 5.75 Å². The first-order chi connectivity index (χ1) is 12.6. The molecule has 1 fully saturated rings. The van der Waals surface area contributed by atoms with Crippen LogP contribution in [0.15, 0.2) is 30.3 Å². The van der Waals surface area contributed by atoms with Gasteiger partial charge in [0.1, 0.15) is 6.61 Å². The molecule has 140 valence electrons. The van der Waals surface area contributed by atoms with E-state index in [1.807, 2.05) is 0 Å². The van der Waals surface area contributed by atoms with Gasteiger partial charge in [-0.3, -0.25) is 9.89 Å². The van der Waals surface area contributed by atoms with Crippen LogP contribution in [0, 0.1) is 11.7 Å². The zero-order valence-corrected chi connectivity index (χ0v) is 14.9. The molecule has 6 nitrogen and oxygen atoms in total. The maximum Gasteiger partial charge on any atom is 0.274 e. The van der Waals surface area contributed by atoms with Crippen molar-refractivity contribution in [3.63, 3.8) is 0 Å². The van der Waals surface area contributed by atoms with Crippen LogP contribution >= 0.6 is 0 Å². The van der Waals surface area contributed by atoms with Crippen LogP contribution in [0.2, 0.25) is 0 Å². The van der Waals surface area contributed by atoms with Crippen LogP contribution in [0.4, 0.5) is 4.39 Å². The van der Waals surface area contributed by atoms with E-state index >= 15 is 0 Å². The molecule has 1 saturated heterocycles. The second kappa shape index (κ2) is 8.80. The van der Waals surface area contributed by atoms with Gasteiger partial charge < -0.3 is 14.4 Å². The van der Waals surface area contributed by atoms with Crippen molar-refractivity contribution in [3.05, 3.63) is 47.5 Å². The van der Waals surface area contributed by atoms with Crippen LogP contribution < -0.4 is 4.74 Å². The van der Waals surface area contributed by atoms with Gasteiger partial charge in [-0.15, -0.1) is 0 Å². The standard InChI is InChI=1S/C19H24FN3O3/c1-23(9-6-14-7-10-25-11-8-14)19(24)17-12-15(21-22-17)13-26-18-5-3-2-4-16(18)20/h2-5,12,14H,6-11,13H2,1H3,(H,21,22). The number of hydrogen-bond donors (Lipinski definition) is 1. The average Bonchev–Trinajstić information content (AvgIpc) is 3.14. The molecule has 2 heterocycles. The number of ether oxygens (including phenoxy) is 2. The van der Waals surface area contributed by atoms with Crippen LogP contribution in [0.25, 0.3) is 0 Å². The molecule has 2 aromatic rings. The molecule has 1 aromatic heterocycles. The topological polar surface area (TPSA) is 67.4 Å². The summed E-state index contributed by atoms with van der Waals surface area (Å²) in [6.45, 7) is 2.44. The Morgan fingerprint density at radius 3 is 2.92 bits per heavy atom. The number of amides is 1. The molecule has 26 heavy (non-hydrogen) atoms. The molecule has 0 radical (unpaired) electrons. The van der Waals surface area contributed by atoms with E-state index in [9.17, 15) is 9.18 Å². The maximum absolute atomic E-state index is 13.6. The predicted octanol–water partition coefficient (Wildman–Crippen LogP) is 3.02.